The number of pyridine rings is 1. The van der Waals surface area contributed by atoms with Crippen LogP contribution >= 0.6 is 0 Å². The van der Waals surface area contributed by atoms with Crippen LogP contribution in [0, 0.1) is 5.41 Å². The number of nitrogens with one attached hydrogen (secondary N) is 1. The number of fused-ring (bicyclic) bond motifs is 1. The van der Waals surface area contributed by atoms with Gasteiger partial charge in [-0.3, -0.25) is 15.2 Å². The molecule has 1 fully saturated rings. The second kappa shape index (κ2) is 9.12. The summed E-state index contributed by atoms with van der Waals surface area (Å²) in [6, 6.07) is 10.1. The lowest BCUT2D eigenvalue weighted by atomic mass is 9.66. The van der Waals surface area contributed by atoms with E-state index in [4.69, 9.17) is 16.9 Å². The molecule has 1 aromatic heterocycles. The van der Waals surface area contributed by atoms with Crippen molar-refractivity contribution >= 4 is 22.5 Å². The normalized spacial score (nSPS) is 24.0. The van der Waals surface area contributed by atoms with Gasteiger partial charge in [-0.2, -0.15) is 0 Å². The molecule has 2 aliphatic rings. The van der Waals surface area contributed by atoms with Gasteiger partial charge in [-0.15, -0.1) is 0 Å². The molecule has 2 atom stereocenters. The zero-order valence-corrected chi connectivity index (χ0v) is 17.9. The van der Waals surface area contributed by atoms with Gasteiger partial charge in [-0.25, -0.2) is 0 Å². The van der Waals surface area contributed by atoms with Gasteiger partial charge in [0.2, 0.25) is 0 Å². The van der Waals surface area contributed by atoms with Gasteiger partial charge in [0.15, 0.2) is 5.78 Å². The van der Waals surface area contributed by atoms with E-state index in [1.165, 1.54) is 6.08 Å². The van der Waals surface area contributed by atoms with Gasteiger partial charge >= 0.3 is 0 Å². The quantitative estimate of drug-likeness (QED) is 0.347. The van der Waals surface area contributed by atoms with Crippen LogP contribution in [0.2, 0.25) is 0 Å². The summed E-state index contributed by atoms with van der Waals surface area (Å²) >= 11 is 0. The van der Waals surface area contributed by atoms with Gasteiger partial charge < -0.3 is 16.4 Å². The van der Waals surface area contributed by atoms with E-state index in [1.807, 2.05) is 36.4 Å². The molecule has 1 aliphatic heterocycles. The van der Waals surface area contributed by atoms with Gasteiger partial charge in [0.1, 0.15) is 11.3 Å². The maximum absolute atomic E-state index is 13.2. The Bertz CT molecular complexity index is 1040. The fourth-order valence-electron chi connectivity index (χ4n) is 4.89. The van der Waals surface area contributed by atoms with Gasteiger partial charge in [0.25, 0.3) is 0 Å². The number of likely N-dealkylation sites (tertiary alicyclic amines) is 1. The number of rotatable bonds is 8. The third-order valence-electron chi connectivity index (χ3n) is 6.55. The molecule has 0 bridgehead atoms. The van der Waals surface area contributed by atoms with Crippen molar-refractivity contribution in [3.05, 3.63) is 65.9 Å². The molecule has 2 unspecified atom stereocenters. The van der Waals surface area contributed by atoms with Crippen LogP contribution in [0.3, 0.4) is 0 Å². The Kier molecular flexibility index (Phi) is 6.30. The molecule has 4 rings (SSSR count). The van der Waals surface area contributed by atoms with Crippen molar-refractivity contribution in [2.45, 2.75) is 43.6 Å². The lowest BCUT2D eigenvalue weighted by Gasteiger charge is -2.35. The Morgan fingerprint density at radius 3 is 2.87 bits per heavy atom. The van der Waals surface area contributed by atoms with E-state index in [0.717, 1.165) is 68.2 Å². The van der Waals surface area contributed by atoms with E-state index < -0.39 is 5.41 Å². The van der Waals surface area contributed by atoms with Crippen LogP contribution < -0.4 is 11.5 Å². The van der Waals surface area contributed by atoms with Crippen molar-refractivity contribution < 1.29 is 4.79 Å². The number of ketones is 1. The number of allylic oxidation sites excluding steroid dienone is 3. The number of hydrogen-bond acceptors (Lipinski definition) is 5. The van der Waals surface area contributed by atoms with Crippen LogP contribution in [-0.4, -0.2) is 47.2 Å². The molecule has 31 heavy (non-hydrogen) atoms. The number of aromatic nitrogens is 1. The van der Waals surface area contributed by atoms with Crippen molar-refractivity contribution in [1.82, 2.24) is 9.88 Å². The third-order valence-corrected chi connectivity index (χ3v) is 6.55. The summed E-state index contributed by atoms with van der Waals surface area (Å²) in [6.07, 6.45) is 11.9. The van der Waals surface area contributed by atoms with E-state index in [2.05, 4.69) is 9.88 Å². The van der Waals surface area contributed by atoms with Crippen molar-refractivity contribution in [2.75, 3.05) is 19.6 Å². The number of amidine groups is 1. The highest BCUT2D eigenvalue weighted by Gasteiger charge is 2.46. The van der Waals surface area contributed by atoms with Crippen molar-refractivity contribution in [3.63, 3.8) is 0 Å². The molecule has 1 aromatic carbocycles. The smallest absolute Gasteiger partial charge is 0.177 e. The predicted octanol–water partition coefficient (Wildman–Crippen LogP) is 3.07. The summed E-state index contributed by atoms with van der Waals surface area (Å²) in [4.78, 5) is 20.2. The van der Waals surface area contributed by atoms with E-state index in [1.54, 1.807) is 12.3 Å². The average molecular weight is 418 g/mol. The third kappa shape index (κ3) is 4.18. The lowest BCUT2D eigenvalue weighted by Crippen LogP contribution is -2.49. The Hall–Kier alpha value is -2.83. The maximum atomic E-state index is 13.2. The number of nitrogens with two attached hydrogens (primary N) is 2. The zero-order chi connectivity index (χ0) is 21.8. The van der Waals surface area contributed by atoms with Gasteiger partial charge in [0, 0.05) is 24.2 Å². The minimum Gasteiger partial charge on any atom is -0.386 e. The molecule has 1 saturated heterocycles. The first-order valence-corrected chi connectivity index (χ1v) is 11.1. The topological polar surface area (TPSA) is 109 Å². The monoisotopic (exact) mass is 417 g/mol. The highest BCUT2D eigenvalue weighted by molar-refractivity contribution is 6.20. The van der Waals surface area contributed by atoms with Crippen LogP contribution in [0.5, 0.6) is 0 Å². The summed E-state index contributed by atoms with van der Waals surface area (Å²) in [5.74, 6) is -0.308. The van der Waals surface area contributed by atoms with Crippen LogP contribution in [0.1, 0.15) is 37.7 Å². The van der Waals surface area contributed by atoms with Crippen LogP contribution in [0.25, 0.3) is 10.9 Å². The lowest BCUT2D eigenvalue weighted by molar-refractivity contribution is -0.117. The largest absolute Gasteiger partial charge is 0.386 e. The molecule has 0 saturated carbocycles. The van der Waals surface area contributed by atoms with E-state index >= 15 is 0 Å². The Balaban J connectivity index is 1.52. The summed E-state index contributed by atoms with van der Waals surface area (Å²) < 4.78 is 0. The number of benzene rings is 1. The Morgan fingerprint density at radius 2 is 2.10 bits per heavy atom. The molecule has 2 heterocycles. The van der Waals surface area contributed by atoms with E-state index in [-0.39, 0.29) is 11.6 Å². The van der Waals surface area contributed by atoms with Crippen LogP contribution in [0.4, 0.5) is 0 Å². The van der Waals surface area contributed by atoms with Crippen molar-refractivity contribution in [3.8, 4) is 0 Å². The number of unbranched alkanes of at least 4 members (excludes halogenated alkanes) is 2. The van der Waals surface area contributed by atoms with Gasteiger partial charge in [-0.05, 0) is 68.1 Å². The molecule has 0 spiro atoms. The van der Waals surface area contributed by atoms with Crippen molar-refractivity contribution in [2.24, 2.45) is 11.5 Å². The molecule has 6 nitrogen and oxygen atoms in total. The summed E-state index contributed by atoms with van der Waals surface area (Å²) in [5.41, 5.74) is 13.3. The summed E-state index contributed by atoms with van der Waals surface area (Å²) in [5, 5.41) is 9.36. The minimum absolute atomic E-state index is 0.142. The standard InChI is InChI=1S/C25H31N5O/c26-21-12-14-30(17-21)13-5-1-2-8-19-9-6-11-23(31)25(19,24(27)28)20-15-18-7-3-4-10-22(18)29-16-20/h3-4,6-7,9-11,15-16,21H,1-2,5,8,12-14,17,26H2,(H3,27,28). The van der Waals surface area contributed by atoms with E-state index in [9.17, 15) is 4.79 Å². The molecule has 162 valence electrons. The molecule has 6 heteroatoms. The summed E-state index contributed by atoms with van der Waals surface area (Å²) in [7, 11) is 0. The minimum atomic E-state index is -1.26. The highest BCUT2D eigenvalue weighted by Crippen LogP contribution is 2.39. The molecule has 1 aliphatic carbocycles. The zero-order valence-electron chi connectivity index (χ0n) is 17.9. The number of para-hydroxylation sites is 1. The first-order chi connectivity index (χ1) is 15.0. The number of carbonyl (C=O) groups is 1. The second-order valence-electron chi connectivity index (χ2n) is 8.66. The molecule has 5 N–H and O–H groups in total. The maximum Gasteiger partial charge on any atom is 0.177 e. The SMILES string of the molecule is N=C(N)C1(c2cnc3ccccc3c2)C(=O)C=CC=C1CCCCCN1CCC(N)C1. The average Bonchev–Trinajstić information content (AvgIpc) is 3.18. The predicted molar refractivity (Wildman–Crippen MR) is 125 cm³/mol. The first kappa shape index (κ1) is 21.4. The fourth-order valence-corrected chi connectivity index (χ4v) is 4.89. The van der Waals surface area contributed by atoms with Crippen molar-refractivity contribution in [1.29, 1.82) is 5.41 Å². The Morgan fingerprint density at radius 1 is 1.26 bits per heavy atom. The molecule has 0 radical (unpaired) electrons. The molecular formula is C25H31N5O. The molecule has 2 aromatic rings. The number of nitrogens with zero attached hydrogens (tertiary/aromatic N) is 2. The number of carbonyl (C=O) groups excluding carboxylic acids is 1. The second-order valence-corrected chi connectivity index (χ2v) is 8.66. The van der Waals surface area contributed by atoms with E-state index in [0.29, 0.717) is 11.6 Å². The summed E-state index contributed by atoms with van der Waals surface area (Å²) in [6.45, 7) is 3.15. The first-order valence-electron chi connectivity index (χ1n) is 11.1. The van der Waals surface area contributed by atoms with Crippen LogP contribution in [0.15, 0.2) is 60.3 Å². The molecular weight excluding hydrogens is 386 g/mol. The van der Waals surface area contributed by atoms with Crippen LogP contribution in [-0.2, 0) is 10.2 Å². The Labute approximate surface area is 183 Å². The molecule has 0 amide bonds. The fraction of sp³-hybridized carbons (Fsp3) is 0.400. The van der Waals surface area contributed by atoms with Gasteiger partial charge in [0.05, 0.1) is 5.52 Å². The highest BCUT2D eigenvalue weighted by atomic mass is 16.1. The van der Waals surface area contributed by atoms with Gasteiger partial charge in [-0.1, -0.05) is 36.8 Å². The number of hydrogen-bond donors (Lipinski definition) is 3.